The van der Waals surface area contributed by atoms with Gasteiger partial charge in [-0.1, -0.05) is 29.8 Å². The largest absolute Gasteiger partial charge is 0.316 e. The molecular weight excluding hydrogens is 208 g/mol. The number of hydrogen-bond donors (Lipinski definition) is 1. The first-order chi connectivity index (χ1) is 7.60. The molecule has 2 rings (SSSR count). The second-order valence-corrected chi connectivity index (χ2v) is 4.54. The van der Waals surface area contributed by atoms with E-state index >= 15 is 0 Å². The maximum Gasteiger partial charge on any atom is 0.277 e. The van der Waals surface area contributed by atoms with Crippen LogP contribution in [0.3, 0.4) is 0 Å². The van der Waals surface area contributed by atoms with Gasteiger partial charge in [-0.15, -0.1) is 0 Å². The number of aryl methyl sites for hydroxylation is 1. The Kier molecular flexibility index (Phi) is 3.24. The SMILES string of the molecule is Cc1cccc(C(F)(F)C2CCCNC2)c1. The molecule has 0 spiro atoms. The highest BCUT2D eigenvalue weighted by Gasteiger charge is 2.41. The molecule has 1 N–H and O–H groups in total. The molecular formula is C13H17F2N. The fraction of sp³-hybridized carbons (Fsp3) is 0.538. The third-order valence-electron chi connectivity index (χ3n) is 3.21. The van der Waals surface area contributed by atoms with Crippen LogP contribution in [-0.4, -0.2) is 13.1 Å². The lowest BCUT2D eigenvalue weighted by Crippen LogP contribution is -2.39. The van der Waals surface area contributed by atoms with Gasteiger partial charge in [0.15, 0.2) is 0 Å². The van der Waals surface area contributed by atoms with Gasteiger partial charge in [-0.05, 0) is 26.3 Å². The Balaban J connectivity index is 2.22. The minimum atomic E-state index is -2.71. The molecule has 1 atom stereocenters. The highest BCUT2D eigenvalue weighted by atomic mass is 19.3. The van der Waals surface area contributed by atoms with Crippen LogP contribution in [0.4, 0.5) is 8.78 Å². The molecule has 1 nitrogen and oxygen atoms in total. The van der Waals surface area contributed by atoms with Gasteiger partial charge in [0.1, 0.15) is 0 Å². The number of halogens is 2. The molecule has 0 amide bonds. The van der Waals surface area contributed by atoms with Gasteiger partial charge in [0.2, 0.25) is 0 Å². The molecule has 1 aromatic rings. The number of rotatable bonds is 2. The first-order valence-corrected chi connectivity index (χ1v) is 5.76. The molecule has 1 saturated heterocycles. The fourth-order valence-electron chi connectivity index (χ4n) is 2.25. The molecule has 0 saturated carbocycles. The van der Waals surface area contributed by atoms with Crippen LogP contribution in [0.15, 0.2) is 24.3 Å². The van der Waals surface area contributed by atoms with Crippen molar-refractivity contribution >= 4 is 0 Å². The van der Waals surface area contributed by atoms with Gasteiger partial charge in [0, 0.05) is 18.0 Å². The van der Waals surface area contributed by atoms with Crippen molar-refractivity contribution in [3.05, 3.63) is 35.4 Å². The molecule has 1 unspecified atom stereocenters. The van der Waals surface area contributed by atoms with Crippen molar-refractivity contribution in [3.8, 4) is 0 Å². The van der Waals surface area contributed by atoms with Crippen LogP contribution in [0.5, 0.6) is 0 Å². The van der Waals surface area contributed by atoms with Crippen LogP contribution in [0.25, 0.3) is 0 Å². The van der Waals surface area contributed by atoms with Gasteiger partial charge < -0.3 is 5.32 Å². The Bertz CT molecular complexity index is 357. The van der Waals surface area contributed by atoms with Crippen molar-refractivity contribution in [2.75, 3.05) is 13.1 Å². The standard InChI is InChI=1S/C13H17F2N/c1-10-4-2-5-11(8-10)13(14,15)12-6-3-7-16-9-12/h2,4-5,8,12,16H,3,6-7,9H2,1H3. The molecule has 1 aliphatic heterocycles. The second kappa shape index (κ2) is 4.50. The summed E-state index contributed by atoms with van der Waals surface area (Å²) < 4.78 is 28.4. The Hall–Kier alpha value is -0.960. The summed E-state index contributed by atoms with van der Waals surface area (Å²) in [6, 6.07) is 6.67. The van der Waals surface area contributed by atoms with E-state index in [9.17, 15) is 8.78 Å². The molecule has 0 bridgehead atoms. The van der Waals surface area contributed by atoms with Crippen molar-refractivity contribution in [2.24, 2.45) is 5.92 Å². The molecule has 16 heavy (non-hydrogen) atoms. The molecule has 0 radical (unpaired) electrons. The van der Waals surface area contributed by atoms with Gasteiger partial charge in [0.25, 0.3) is 5.92 Å². The summed E-state index contributed by atoms with van der Waals surface area (Å²) in [5, 5.41) is 3.05. The van der Waals surface area contributed by atoms with E-state index in [4.69, 9.17) is 0 Å². The van der Waals surface area contributed by atoms with Crippen LogP contribution < -0.4 is 5.32 Å². The topological polar surface area (TPSA) is 12.0 Å². The zero-order chi connectivity index (χ0) is 11.6. The van der Waals surface area contributed by atoms with Gasteiger partial charge in [-0.3, -0.25) is 0 Å². The summed E-state index contributed by atoms with van der Waals surface area (Å²) in [5.41, 5.74) is 1.04. The summed E-state index contributed by atoms with van der Waals surface area (Å²) in [6.45, 7) is 3.13. The van der Waals surface area contributed by atoms with E-state index in [1.54, 1.807) is 12.1 Å². The van der Waals surface area contributed by atoms with Gasteiger partial charge in [-0.2, -0.15) is 0 Å². The van der Waals surface area contributed by atoms with Crippen molar-refractivity contribution < 1.29 is 8.78 Å². The third kappa shape index (κ3) is 2.24. The summed E-state index contributed by atoms with van der Waals surface area (Å²) >= 11 is 0. The van der Waals surface area contributed by atoms with Crippen LogP contribution in [0.2, 0.25) is 0 Å². The van der Waals surface area contributed by atoms with Crippen LogP contribution in [0, 0.1) is 12.8 Å². The predicted molar refractivity (Wildman–Crippen MR) is 60.7 cm³/mol. The maximum atomic E-state index is 14.2. The van der Waals surface area contributed by atoms with E-state index in [-0.39, 0.29) is 5.56 Å². The number of nitrogens with one attached hydrogen (secondary N) is 1. The Morgan fingerprint density at radius 1 is 1.38 bits per heavy atom. The molecule has 1 heterocycles. The molecule has 88 valence electrons. The molecule has 1 fully saturated rings. The highest BCUT2D eigenvalue weighted by molar-refractivity contribution is 5.26. The van der Waals surface area contributed by atoms with E-state index in [2.05, 4.69) is 5.32 Å². The summed E-state index contributed by atoms with van der Waals surface area (Å²) in [5.74, 6) is -3.28. The predicted octanol–water partition coefficient (Wildman–Crippen LogP) is 3.09. The third-order valence-corrected chi connectivity index (χ3v) is 3.21. The van der Waals surface area contributed by atoms with Crippen molar-refractivity contribution in [2.45, 2.75) is 25.7 Å². The number of benzene rings is 1. The zero-order valence-corrected chi connectivity index (χ0v) is 9.47. The van der Waals surface area contributed by atoms with E-state index < -0.39 is 11.8 Å². The van der Waals surface area contributed by atoms with Crippen LogP contribution in [-0.2, 0) is 5.92 Å². The summed E-state index contributed by atoms with van der Waals surface area (Å²) in [7, 11) is 0. The van der Waals surface area contributed by atoms with Crippen LogP contribution >= 0.6 is 0 Å². The first-order valence-electron chi connectivity index (χ1n) is 5.76. The molecule has 1 aliphatic rings. The normalized spacial score (nSPS) is 22.1. The highest BCUT2D eigenvalue weighted by Crippen LogP contribution is 2.39. The summed E-state index contributed by atoms with van der Waals surface area (Å²) in [6.07, 6.45) is 1.44. The van der Waals surface area contributed by atoms with Gasteiger partial charge in [0.05, 0.1) is 0 Å². The monoisotopic (exact) mass is 225 g/mol. The molecule has 0 aromatic heterocycles. The Morgan fingerprint density at radius 2 is 2.19 bits per heavy atom. The smallest absolute Gasteiger partial charge is 0.277 e. The van der Waals surface area contributed by atoms with Crippen molar-refractivity contribution in [1.29, 1.82) is 0 Å². The minimum Gasteiger partial charge on any atom is -0.316 e. The lowest BCUT2D eigenvalue weighted by Gasteiger charge is -2.30. The lowest BCUT2D eigenvalue weighted by molar-refractivity contribution is -0.0725. The molecule has 0 aliphatic carbocycles. The van der Waals surface area contributed by atoms with E-state index in [1.165, 1.54) is 6.07 Å². The van der Waals surface area contributed by atoms with Crippen molar-refractivity contribution in [1.82, 2.24) is 5.32 Å². The number of hydrogen-bond acceptors (Lipinski definition) is 1. The average molecular weight is 225 g/mol. The van der Waals surface area contributed by atoms with Gasteiger partial charge >= 0.3 is 0 Å². The average Bonchev–Trinajstić information content (AvgIpc) is 2.30. The molecule has 3 heteroatoms. The van der Waals surface area contributed by atoms with E-state index in [1.807, 2.05) is 13.0 Å². The lowest BCUT2D eigenvalue weighted by atomic mass is 9.88. The molecule has 1 aromatic carbocycles. The Labute approximate surface area is 94.9 Å². The van der Waals surface area contributed by atoms with Gasteiger partial charge in [-0.25, -0.2) is 8.78 Å². The minimum absolute atomic E-state index is 0.154. The van der Waals surface area contributed by atoms with Crippen molar-refractivity contribution in [3.63, 3.8) is 0 Å². The Morgan fingerprint density at radius 3 is 2.81 bits per heavy atom. The number of piperidine rings is 1. The fourth-order valence-corrected chi connectivity index (χ4v) is 2.25. The maximum absolute atomic E-state index is 14.2. The zero-order valence-electron chi connectivity index (χ0n) is 9.47. The number of alkyl halides is 2. The first kappa shape index (κ1) is 11.5. The van der Waals surface area contributed by atoms with E-state index in [0.717, 1.165) is 18.5 Å². The van der Waals surface area contributed by atoms with E-state index in [0.29, 0.717) is 13.0 Å². The van der Waals surface area contributed by atoms with Crippen LogP contribution in [0.1, 0.15) is 24.0 Å². The summed E-state index contributed by atoms with van der Waals surface area (Å²) in [4.78, 5) is 0. The second-order valence-electron chi connectivity index (χ2n) is 4.54. The quantitative estimate of drug-likeness (QED) is 0.815.